The smallest absolute Gasteiger partial charge is 0.386 e. The van der Waals surface area contributed by atoms with Crippen LogP contribution in [0.2, 0.25) is 0 Å². The molecule has 33 heavy (non-hydrogen) atoms. The van der Waals surface area contributed by atoms with Gasteiger partial charge in [-0.05, 0) is 0 Å². The summed E-state index contributed by atoms with van der Waals surface area (Å²) >= 11 is 0. The van der Waals surface area contributed by atoms with Gasteiger partial charge in [-0.2, -0.15) is 8.62 Å². The molecule has 8 N–H and O–H groups in total. The number of H-pyrrole nitrogens is 1. The molecule has 0 saturated carbocycles. The highest BCUT2D eigenvalue weighted by atomic mass is 31.3. The van der Waals surface area contributed by atoms with Gasteiger partial charge in [0.2, 0.25) is 0 Å². The number of aliphatic hydroxyl groups excluding tert-OH is 1. The fraction of sp³-hybridized carbons (Fsp3) is 0.556. The van der Waals surface area contributed by atoms with Crippen LogP contribution in [0.1, 0.15) is 6.23 Å². The van der Waals surface area contributed by atoms with Crippen molar-refractivity contribution in [2.45, 2.75) is 24.5 Å². The largest absolute Gasteiger partial charge is 0.481 e. The Hall–Kier alpha value is -0.880. The van der Waals surface area contributed by atoms with Crippen LogP contribution in [-0.2, 0) is 40.7 Å². The summed E-state index contributed by atoms with van der Waals surface area (Å²) in [5.74, 6) is 0. The molecule has 0 radical (unpaired) electrons. The maximum absolute atomic E-state index is 12.0. The molecule has 24 heteroatoms. The summed E-state index contributed by atoms with van der Waals surface area (Å²) in [4.78, 5) is 78.4. The fourth-order valence-electron chi connectivity index (χ4n) is 2.47. The summed E-state index contributed by atoms with van der Waals surface area (Å²) in [6.07, 6.45) is -7.28. The van der Waals surface area contributed by atoms with Crippen molar-refractivity contribution in [2.75, 3.05) is 6.61 Å². The summed E-state index contributed by atoms with van der Waals surface area (Å²) in [5.41, 5.74) is -2.02. The van der Waals surface area contributed by atoms with Crippen molar-refractivity contribution in [1.29, 1.82) is 0 Å². The van der Waals surface area contributed by atoms with Gasteiger partial charge in [0, 0.05) is 12.3 Å². The van der Waals surface area contributed by atoms with Gasteiger partial charge in [0.05, 0.1) is 6.61 Å². The minimum atomic E-state index is -5.66. The van der Waals surface area contributed by atoms with Crippen LogP contribution in [0.25, 0.3) is 0 Å². The fourth-order valence-corrected chi connectivity index (χ4v) is 5.87. The van der Waals surface area contributed by atoms with Crippen LogP contribution in [0.3, 0.4) is 0 Å². The van der Waals surface area contributed by atoms with E-state index in [0.29, 0.717) is 4.57 Å². The normalized spacial score (nSPS) is 27.7. The van der Waals surface area contributed by atoms with Crippen LogP contribution in [-0.4, -0.2) is 68.9 Å². The second-order valence-corrected chi connectivity index (χ2v) is 11.6. The molecule has 1 fully saturated rings. The molecule has 2 heterocycles. The standard InChI is InChI=1S/C9H16N2O18P4/c12-5-1-2-11(9(14)10-5)8-6(13)7(27-33(23,24)29-31(18,19)20)4(26-8)3-25-32(21,22)28-30(15,16)17/h1-2,4,6-8,13H,3H2,(H,21,22)(H,23,24)(H,10,12,14)(H2,15,16,17)(H2,18,19,20)/t4-,6-,7-,8-/m1/s1. The lowest BCUT2D eigenvalue weighted by Crippen LogP contribution is -2.38. The van der Waals surface area contributed by atoms with E-state index >= 15 is 0 Å². The van der Waals surface area contributed by atoms with E-state index in [0.717, 1.165) is 12.3 Å². The molecule has 6 atom stereocenters. The maximum Gasteiger partial charge on any atom is 0.481 e. The predicted molar refractivity (Wildman–Crippen MR) is 98.0 cm³/mol. The van der Waals surface area contributed by atoms with Crippen LogP contribution in [0.4, 0.5) is 0 Å². The Labute approximate surface area is 181 Å². The number of ether oxygens (including phenoxy) is 1. The number of nitrogens with one attached hydrogen (secondary N) is 1. The number of aromatic nitrogens is 2. The number of hydrogen-bond donors (Lipinski definition) is 8. The minimum Gasteiger partial charge on any atom is -0.386 e. The lowest BCUT2D eigenvalue weighted by atomic mass is 10.1. The van der Waals surface area contributed by atoms with Crippen molar-refractivity contribution in [3.05, 3.63) is 33.1 Å². The van der Waals surface area contributed by atoms with E-state index in [1.807, 2.05) is 0 Å². The van der Waals surface area contributed by atoms with Gasteiger partial charge in [0.15, 0.2) is 6.23 Å². The molecule has 1 aliphatic rings. The number of hydrogen-bond acceptors (Lipinski definition) is 12. The molecule has 0 bridgehead atoms. The molecule has 1 aromatic heterocycles. The molecular formula is C9H16N2O18P4. The molecule has 0 spiro atoms. The summed E-state index contributed by atoms with van der Waals surface area (Å²) in [7, 11) is -22.3. The molecule has 0 aliphatic carbocycles. The van der Waals surface area contributed by atoms with E-state index in [4.69, 9.17) is 24.3 Å². The molecule has 190 valence electrons. The highest BCUT2D eigenvalue weighted by Gasteiger charge is 2.51. The molecule has 0 amide bonds. The highest BCUT2D eigenvalue weighted by Crippen LogP contribution is 2.60. The summed E-state index contributed by atoms with van der Waals surface area (Å²) in [6.45, 7) is -1.26. The Kier molecular flexibility index (Phi) is 8.60. The average Bonchev–Trinajstić information content (AvgIpc) is 2.84. The van der Waals surface area contributed by atoms with E-state index in [9.17, 15) is 42.7 Å². The third-order valence-electron chi connectivity index (χ3n) is 3.51. The summed E-state index contributed by atoms with van der Waals surface area (Å²) in [6, 6.07) is 0.806. The lowest BCUT2D eigenvalue weighted by molar-refractivity contribution is -0.0540. The third kappa shape index (κ3) is 8.69. The van der Waals surface area contributed by atoms with Crippen molar-refractivity contribution < 1.29 is 75.1 Å². The first kappa shape index (κ1) is 28.4. The number of phosphoric acid groups is 4. The quantitative estimate of drug-likeness (QED) is 0.137. The highest BCUT2D eigenvalue weighted by molar-refractivity contribution is 7.61. The van der Waals surface area contributed by atoms with E-state index in [2.05, 4.69) is 17.7 Å². The van der Waals surface area contributed by atoms with Crippen molar-refractivity contribution in [2.24, 2.45) is 0 Å². The number of aromatic amines is 1. The Morgan fingerprint density at radius 3 is 2.03 bits per heavy atom. The monoisotopic (exact) mass is 564 g/mol. The number of phosphoric ester groups is 2. The topological polar surface area (TPSA) is 311 Å². The second-order valence-electron chi connectivity index (χ2n) is 6.02. The zero-order valence-electron chi connectivity index (χ0n) is 15.5. The molecule has 1 saturated heterocycles. The molecule has 0 aromatic carbocycles. The summed E-state index contributed by atoms with van der Waals surface area (Å²) in [5, 5.41) is 10.4. The molecule has 1 aliphatic heterocycles. The minimum absolute atomic E-state index is 0.541. The number of nitrogens with zero attached hydrogens (tertiary/aromatic N) is 1. The van der Waals surface area contributed by atoms with Crippen molar-refractivity contribution in [1.82, 2.24) is 9.55 Å². The third-order valence-corrected chi connectivity index (χ3v) is 7.85. The van der Waals surface area contributed by atoms with Gasteiger partial charge in [-0.15, -0.1) is 0 Å². The molecule has 1 aromatic rings. The van der Waals surface area contributed by atoms with E-state index in [-0.39, 0.29) is 0 Å². The molecule has 2 unspecified atom stereocenters. The van der Waals surface area contributed by atoms with Gasteiger partial charge in [-0.3, -0.25) is 23.4 Å². The predicted octanol–water partition coefficient (Wildman–Crippen LogP) is -2.38. The van der Waals surface area contributed by atoms with E-state index < -0.39 is 73.7 Å². The van der Waals surface area contributed by atoms with Crippen molar-refractivity contribution >= 4 is 31.3 Å². The lowest BCUT2D eigenvalue weighted by Gasteiger charge is -2.23. The number of rotatable bonds is 10. The first-order valence-corrected chi connectivity index (χ1v) is 14.0. The molecule has 20 nitrogen and oxygen atoms in total. The SMILES string of the molecule is O=c1ccn([C@@H]2O[C@H](COP(=O)(O)OP(=O)(O)O)[C@@H](OP(=O)(O)OP(=O)(O)O)[C@H]2O)c(=O)[nH]1. The zero-order chi connectivity index (χ0) is 25.4. The van der Waals surface area contributed by atoms with Crippen LogP contribution < -0.4 is 11.2 Å². The first-order valence-electron chi connectivity index (χ1n) is 7.96. The van der Waals surface area contributed by atoms with Gasteiger partial charge in [-0.25, -0.2) is 23.1 Å². The van der Waals surface area contributed by atoms with Crippen molar-refractivity contribution in [3.8, 4) is 0 Å². The Bertz CT molecular complexity index is 1160. The average molecular weight is 564 g/mol. The molecular weight excluding hydrogens is 548 g/mol. The Balaban J connectivity index is 2.34. The van der Waals surface area contributed by atoms with Gasteiger partial charge in [0.25, 0.3) is 5.56 Å². The van der Waals surface area contributed by atoms with E-state index in [1.54, 1.807) is 4.98 Å². The Morgan fingerprint density at radius 2 is 1.52 bits per heavy atom. The molecule has 2 rings (SSSR count). The maximum atomic E-state index is 12.0. The van der Waals surface area contributed by atoms with Crippen molar-refractivity contribution in [3.63, 3.8) is 0 Å². The Morgan fingerprint density at radius 1 is 0.970 bits per heavy atom. The van der Waals surface area contributed by atoms with E-state index in [1.165, 1.54) is 0 Å². The van der Waals surface area contributed by atoms with Crippen LogP contribution >= 0.6 is 31.3 Å². The van der Waals surface area contributed by atoms with Crippen LogP contribution in [0, 0.1) is 0 Å². The number of aliphatic hydroxyl groups is 1. The zero-order valence-corrected chi connectivity index (χ0v) is 19.1. The van der Waals surface area contributed by atoms with Gasteiger partial charge >= 0.3 is 37.0 Å². The van der Waals surface area contributed by atoms with Gasteiger partial charge in [-0.1, -0.05) is 0 Å². The van der Waals surface area contributed by atoms with Gasteiger partial charge < -0.3 is 39.2 Å². The van der Waals surface area contributed by atoms with Gasteiger partial charge in [0.1, 0.15) is 18.3 Å². The second kappa shape index (κ2) is 10.0. The summed E-state index contributed by atoms with van der Waals surface area (Å²) < 4.78 is 66.6. The first-order chi connectivity index (χ1) is 14.8. The van der Waals surface area contributed by atoms with Crippen LogP contribution in [0.15, 0.2) is 21.9 Å². The van der Waals surface area contributed by atoms with Crippen LogP contribution in [0.5, 0.6) is 0 Å².